The summed E-state index contributed by atoms with van der Waals surface area (Å²) in [5.41, 5.74) is 8.60. The molecule has 3 aromatic rings. The number of hydrogen-bond donors (Lipinski definition) is 2. The molecular weight excluding hydrogens is 424 g/mol. The molecule has 0 bridgehead atoms. The SMILES string of the molecule is CC.COc1cc(C)c(Sc2nc3c(N)ncnc3n2CCCNC(C)(C)C)cc1OC. The Kier molecular flexibility index (Phi) is 9.15. The summed E-state index contributed by atoms with van der Waals surface area (Å²) in [6.45, 7) is 14.2. The minimum absolute atomic E-state index is 0.0813. The summed E-state index contributed by atoms with van der Waals surface area (Å²) in [6, 6.07) is 3.94. The molecule has 0 aliphatic rings. The van der Waals surface area contributed by atoms with Gasteiger partial charge in [0.15, 0.2) is 33.6 Å². The number of nitrogen functional groups attached to an aromatic ring is 1. The summed E-state index contributed by atoms with van der Waals surface area (Å²) in [5, 5.41) is 4.34. The molecule has 2 aromatic heterocycles. The number of nitrogens with zero attached hydrogens (tertiary/aromatic N) is 4. The van der Waals surface area contributed by atoms with Crippen LogP contribution in [0.4, 0.5) is 5.82 Å². The van der Waals surface area contributed by atoms with E-state index in [0.29, 0.717) is 22.8 Å². The zero-order valence-corrected chi connectivity index (χ0v) is 21.3. The summed E-state index contributed by atoms with van der Waals surface area (Å²) < 4.78 is 13.0. The lowest BCUT2D eigenvalue weighted by atomic mass is 10.1. The molecule has 3 N–H and O–H groups in total. The number of rotatable bonds is 8. The molecule has 0 amide bonds. The van der Waals surface area contributed by atoms with E-state index >= 15 is 0 Å². The minimum Gasteiger partial charge on any atom is -0.493 e. The molecule has 176 valence electrons. The molecule has 0 saturated carbocycles. The van der Waals surface area contributed by atoms with Gasteiger partial charge >= 0.3 is 0 Å². The Labute approximate surface area is 195 Å². The molecule has 0 fully saturated rings. The average molecular weight is 461 g/mol. The standard InChI is InChI=1S/C21H30N6O2S.C2H6/c1-13-10-14(28-5)15(29-6)11-16(13)30-20-26-17-18(22)23-12-24-19(17)27(20)9-7-8-25-21(2,3)4;1-2/h10-12,25H,7-9H2,1-6H3,(H2,22,23,24);1-2H3. The van der Waals surface area contributed by atoms with Gasteiger partial charge in [0.1, 0.15) is 6.33 Å². The largest absolute Gasteiger partial charge is 0.493 e. The fourth-order valence-corrected chi connectivity index (χ4v) is 4.09. The van der Waals surface area contributed by atoms with Crippen molar-refractivity contribution in [3.8, 4) is 11.5 Å². The third kappa shape index (κ3) is 6.26. The second kappa shape index (κ2) is 11.4. The molecule has 0 atom stereocenters. The fraction of sp³-hybridized carbons (Fsp3) is 0.522. The van der Waals surface area contributed by atoms with Crippen molar-refractivity contribution in [3.63, 3.8) is 0 Å². The average Bonchev–Trinajstić information content (AvgIpc) is 3.11. The van der Waals surface area contributed by atoms with Gasteiger partial charge in [0, 0.05) is 17.0 Å². The first-order valence-corrected chi connectivity index (χ1v) is 11.7. The summed E-state index contributed by atoms with van der Waals surface area (Å²) in [7, 11) is 3.27. The van der Waals surface area contributed by atoms with Gasteiger partial charge in [-0.25, -0.2) is 15.0 Å². The molecule has 1 aromatic carbocycles. The zero-order valence-electron chi connectivity index (χ0n) is 20.4. The number of imidazole rings is 1. The molecular formula is C23H36N6O2S. The molecule has 32 heavy (non-hydrogen) atoms. The predicted molar refractivity (Wildman–Crippen MR) is 132 cm³/mol. The lowest BCUT2D eigenvalue weighted by Gasteiger charge is -2.20. The molecule has 0 spiro atoms. The number of nitrogens with one attached hydrogen (secondary N) is 1. The van der Waals surface area contributed by atoms with Crippen molar-refractivity contribution >= 4 is 28.7 Å². The molecule has 8 nitrogen and oxygen atoms in total. The van der Waals surface area contributed by atoms with Gasteiger partial charge in [-0.1, -0.05) is 25.6 Å². The van der Waals surface area contributed by atoms with Gasteiger partial charge in [-0.3, -0.25) is 0 Å². The molecule has 0 aliphatic heterocycles. The van der Waals surface area contributed by atoms with Crippen molar-refractivity contribution in [1.29, 1.82) is 0 Å². The van der Waals surface area contributed by atoms with Crippen LogP contribution in [0.25, 0.3) is 11.2 Å². The van der Waals surface area contributed by atoms with Crippen LogP contribution >= 0.6 is 11.8 Å². The van der Waals surface area contributed by atoms with E-state index in [2.05, 4.69) is 40.6 Å². The lowest BCUT2D eigenvalue weighted by Crippen LogP contribution is -2.36. The van der Waals surface area contributed by atoms with E-state index in [-0.39, 0.29) is 5.54 Å². The van der Waals surface area contributed by atoms with Crippen LogP contribution in [0.15, 0.2) is 28.5 Å². The Bertz CT molecular complexity index is 1030. The van der Waals surface area contributed by atoms with E-state index in [1.807, 2.05) is 32.9 Å². The van der Waals surface area contributed by atoms with Crippen molar-refractivity contribution in [3.05, 3.63) is 24.0 Å². The second-order valence-electron chi connectivity index (χ2n) is 8.08. The summed E-state index contributed by atoms with van der Waals surface area (Å²) in [4.78, 5) is 14.3. The number of aromatic nitrogens is 4. The van der Waals surface area contributed by atoms with E-state index in [1.54, 1.807) is 26.0 Å². The van der Waals surface area contributed by atoms with Gasteiger partial charge in [-0.05, 0) is 58.4 Å². The summed E-state index contributed by atoms with van der Waals surface area (Å²) >= 11 is 1.56. The monoisotopic (exact) mass is 460 g/mol. The van der Waals surface area contributed by atoms with Crippen LogP contribution < -0.4 is 20.5 Å². The van der Waals surface area contributed by atoms with Gasteiger partial charge in [-0.15, -0.1) is 0 Å². The maximum absolute atomic E-state index is 6.07. The van der Waals surface area contributed by atoms with Crippen molar-refractivity contribution < 1.29 is 9.47 Å². The van der Waals surface area contributed by atoms with Crippen LogP contribution in [-0.4, -0.2) is 45.8 Å². The first kappa shape index (κ1) is 25.7. The third-order valence-corrected chi connectivity index (χ3v) is 5.78. The Morgan fingerprint density at radius 3 is 2.38 bits per heavy atom. The quantitative estimate of drug-likeness (QED) is 0.467. The van der Waals surface area contributed by atoms with Gasteiger partial charge in [-0.2, -0.15) is 0 Å². The highest BCUT2D eigenvalue weighted by molar-refractivity contribution is 7.99. The Balaban J connectivity index is 0.00000176. The molecule has 0 aliphatic carbocycles. The molecule has 0 saturated heterocycles. The number of fused-ring (bicyclic) bond motifs is 1. The summed E-state index contributed by atoms with van der Waals surface area (Å²) in [5.74, 6) is 1.77. The molecule has 9 heteroatoms. The van der Waals surface area contributed by atoms with Crippen LogP contribution in [-0.2, 0) is 6.54 Å². The Hall–Kier alpha value is -2.52. The van der Waals surface area contributed by atoms with E-state index < -0.39 is 0 Å². The highest BCUT2D eigenvalue weighted by atomic mass is 32.2. The van der Waals surface area contributed by atoms with Gasteiger partial charge in [0.25, 0.3) is 0 Å². The predicted octanol–water partition coefficient (Wildman–Crippen LogP) is 4.69. The van der Waals surface area contributed by atoms with Crippen LogP contribution in [0, 0.1) is 6.92 Å². The molecule has 3 rings (SSSR count). The van der Waals surface area contributed by atoms with E-state index in [0.717, 1.165) is 40.8 Å². The number of anilines is 1. The Morgan fingerprint density at radius 2 is 1.75 bits per heavy atom. The second-order valence-corrected chi connectivity index (χ2v) is 9.09. The normalized spacial score (nSPS) is 11.2. The van der Waals surface area contributed by atoms with Crippen LogP contribution in [0.3, 0.4) is 0 Å². The minimum atomic E-state index is 0.0813. The number of aryl methyl sites for hydroxylation is 2. The number of hydrogen-bond acceptors (Lipinski definition) is 8. The highest BCUT2D eigenvalue weighted by Crippen LogP contribution is 2.38. The maximum Gasteiger partial charge on any atom is 0.175 e. The first-order valence-electron chi connectivity index (χ1n) is 10.9. The number of benzene rings is 1. The Morgan fingerprint density at radius 1 is 1.09 bits per heavy atom. The van der Waals surface area contributed by atoms with E-state index in [1.165, 1.54) is 6.33 Å². The van der Waals surface area contributed by atoms with Gasteiger partial charge in [0.2, 0.25) is 0 Å². The van der Waals surface area contributed by atoms with Crippen LogP contribution in [0.5, 0.6) is 11.5 Å². The highest BCUT2D eigenvalue weighted by Gasteiger charge is 2.18. The maximum atomic E-state index is 6.07. The van der Waals surface area contributed by atoms with Crippen molar-refractivity contribution in [1.82, 2.24) is 24.8 Å². The van der Waals surface area contributed by atoms with Gasteiger partial charge in [0.05, 0.1) is 14.2 Å². The number of nitrogens with two attached hydrogens (primary N) is 1. The third-order valence-electron chi connectivity index (χ3n) is 4.62. The molecule has 0 radical (unpaired) electrons. The molecule has 0 unspecified atom stereocenters. The topological polar surface area (TPSA) is 100 Å². The smallest absolute Gasteiger partial charge is 0.175 e. The number of methoxy groups -OCH3 is 2. The zero-order chi connectivity index (χ0) is 23.9. The molecule has 2 heterocycles. The van der Waals surface area contributed by atoms with Crippen molar-refractivity contribution in [2.24, 2.45) is 0 Å². The number of ether oxygens (including phenoxy) is 2. The van der Waals surface area contributed by atoms with Gasteiger partial charge < -0.3 is 25.1 Å². The lowest BCUT2D eigenvalue weighted by molar-refractivity contribution is 0.353. The van der Waals surface area contributed by atoms with E-state index in [9.17, 15) is 0 Å². The van der Waals surface area contributed by atoms with E-state index in [4.69, 9.17) is 20.2 Å². The summed E-state index contributed by atoms with van der Waals surface area (Å²) in [6.07, 6.45) is 2.42. The van der Waals surface area contributed by atoms with Crippen LogP contribution in [0.1, 0.15) is 46.6 Å². The van der Waals surface area contributed by atoms with Crippen molar-refractivity contribution in [2.45, 2.75) is 70.1 Å². The first-order chi connectivity index (χ1) is 15.2. The van der Waals surface area contributed by atoms with Crippen molar-refractivity contribution in [2.75, 3.05) is 26.5 Å². The van der Waals surface area contributed by atoms with Crippen LogP contribution in [0.2, 0.25) is 0 Å². The fourth-order valence-electron chi connectivity index (χ4n) is 3.08.